The molecular weight excluding hydrogens is 174 g/mol. The number of aliphatic hydroxyl groups excluding tert-OH is 1. The second-order valence-electron chi connectivity index (χ2n) is 4.53. The van der Waals surface area contributed by atoms with Gasteiger partial charge in [0, 0.05) is 5.54 Å². The maximum atomic E-state index is 9.15. The van der Waals surface area contributed by atoms with Gasteiger partial charge in [-0.3, -0.25) is 4.90 Å². The summed E-state index contributed by atoms with van der Waals surface area (Å²) in [5, 5.41) is 9.15. The van der Waals surface area contributed by atoms with Gasteiger partial charge in [0.15, 0.2) is 0 Å². The zero-order valence-electron chi connectivity index (χ0n) is 9.92. The molecule has 0 unspecified atom stereocenters. The van der Waals surface area contributed by atoms with Crippen LogP contribution in [0.5, 0.6) is 0 Å². The van der Waals surface area contributed by atoms with Gasteiger partial charge in [0.2, 0.25) is 0 Å². The molecule has 0 fully saturated rings. The number of aliphatic hydroxyl groups is 1. The number of allylic oxidation sites excluding steroid dienone is 1. The van der Waals surface area contributed by atoms with Crippen molar-refractivity contribution >= 4 is 0 Å². The van der Waals surface area contributed by atoms with E-state index >= 15 is 0 Å². The van der Waals surface area contributed by atoms with Crippen molar-refractivity contribution in [1.29, 1.82) is 0 Å². The summed E-state index contributed by atoms with van der Waals surface area (Å²) in [4.78, 5) is 2.22. The highest BCUT2D eigenvalue weighted by molar-refractivity contribution is 4.77. The second-order valence-corrected chi connectivity index (χ2v) is 4.53. The molecule has 0 aromatic rings. The quantitative estimate of drug-likeness (QED) is 0.479. The van der Waals surface area contributed by atoms with Gasteiger partial charge in [0.1, 0.15) is 0 Å². The smallest absolute Gasteiger partial charge is 0.0609 e. The third-order valence-electron chi connectivity index (χ3n) is 2.82. The van der Waals surface area contributed by atoms with Crippen LogP contribution in [0.3, 0.4) is 0 Å². The van der Waals surface area contributed by atoms with Crippen LogP contribution in [-0.2, 0) is 0 Å². The fraction of sp³-hybridized carbons (Fsp3) is 0.833. The van der Waals surface area contributed by atoms with Crippen molar-refractivity contribution in [1.82, 2.24) is 4.90 Å². The molecular formula is C12H25NO. The molecule has 2 nitrogen and oxygen atoms in total. The zero-order chi connectivity index (χ0) is 11.0. The maximum Gasteiger partial charge on any atom is 0.0609 e. The molecule has 0 heterocycles. The third kappa shape index (κ3) is 5.40. The highest BCUT2D eigenvalue weighted by Crippen LogP contribution is 2.12. The van der Waals surface area contributed by atoms with E-state index in [1.807, 2.05) is 6.08 Å². The van der Waals surface area contributed by atoms with Crippen LogP contribution in [0.25, 0.3) is 0 Å². The Bertz CT molecular complexity index is 154. The van der Waals surface area contributed by atoms with Crippen molar-refractivity contribution in [2.75, 3.05) is 20.2 Å². The van der Waals surface area contributed by atoms with E-state index in [0.717, 1.165) is 13.0 Å². The van der Waals surface area contributed by atoms with Crippen LogP contribution in [0.2, 0.25) is 0 Å². The van der Waals surface area contributed by atoms with Crippen LogP contribution in [0.4, 0.5) is 0 Å². The molecule has 0 amide bonds. The number of nitrogens with zero attached hydrogens (tertiary/aromatic N) is 1. The molecule has 0 aromatic heterocycles. The van der Waals surface area contributed by atoms with E-state index in [4.69, 9.17) is 5.11 Å². The van der Waals surface area contributed by atoms with Crippen molar-refractivity contribution in [3.05, 3.63) is 12.7 Å². The molecule has 0 atom stereocenters. The molecule has 0 radical (unpaired) electrons. The summed E-state index contributed by atoms with van der Waals surface area (Å²) in [6.07, 6.45) is 6.77. The zero-order valence-corrected chi connectivity index (χ0v) is 9.92. The molecule has 84 valence electrons. The van der Waals surface area contributed by atoms with Crippen LogP contribution >= 0.6 is 0 Å². The Kier molecular flexibility index (Phi) is 6.85. The molecule has 1 N–H and O–H groups in total. The molecule has 0 aliphatic heterocycles. The van der Waals surface area contributed by atoms with Gasteiger partial charge in [-0.1, -0.05) is 12.5 Å². The van der Waals surface area contributed by atoms with Gasteiger partial charge < -0.3 is 5.11 Å². The van der Waals surface area contributed by atoms with Gasteiger partial charge in [-0.2, -0.15) is 0 Å². The summed E-state index contributed by atoms with van der Waals surface area (Å²) in [6.45, 7) is 9.11. The Morgan fingerprint density at radius 1 is 1.29 bits per heavy atom. The monoisotopic (exact) mass is 199 g/mol. The Morgan fingerprint density at radius 2 is 1.93 bits per heavy atom. The number of unbranched alkanes of at least 4 members (excludes halogenated alkanes) is 3. The van der Waals surface area contributed by atoms with Gasteiger partial charge in [-0.05, 0) is 46.7 Å². The molecule has 2 heteroatoms. The van der Waals surface area contributed by atoms with Crippen molar-refractivity contribution < 1.29 is 5.11 Å². The van der Waals surface area contributed by atoms with Gasteiger partial charge in [-0.15, -0.1) is 6.58 Å². The summed E-state index contributed by atoms with van der Waals surface area (Å²) in [7, 11) is 2.07. The second kappa shape index (κ2) is 7.02. The summed E-state index contributed by atoms with van der Waals surface area (Å²) >= 11 is 0. The lowest BCUT2D eigenvalue weighted by Crippen LogP contribution is -2.44. The third-order valence-corrected chi connectivity index (χ3v) is 2.82. The topological polar surface area (TPSA) is 23.5 Å². The Hall–Kier alpha value is -0.340. The maximum absolute atomic E-state index is 9.15. The molecule has 0 rings (SSSR count). The lowest BCUT2D eigenvalue weighted by molar-refractivity contribution is 0.0777. The minimum Gasteiger partial charge on any atom is -0.394 e. The molecule has 0 aliphatic carbocycles. The van der Waals surface area contributed by atoms with E-state index in [1.165, 1.54) is 19.3 Å². The minimum atomic E-state index is -0.0849. The van der Waals surface area contributed by atoms with E-state index < -0.39 is 0 Å². The lowest BCUT2D eigenvalue weighted by Gasteiger charge is -2.33. The molecule has 14 heavy (non-hydrogen) atoms. The Labute approximate surface area is 88.6 Å². The predicted octanol–water partition coefficient (Wildman–Crippen LogP) is 2.44. The van der Waals surface area contributed by atoms with Crippen molar-refractivity contribution in [3.8, 4) is 0 Å². The number of hydrogen-bond acceptors (Lipinski definition) is 2. The van der Waals surface area contributed by atoms with Crippen LogP contribution < -0.4 is 0 Å². The van der Waals surface area contributed by atoms with E-state index in [9.17, 15) is 0 Å². The van der Waals surface area contributed by atoms with E-state index in [-0.39, 0.29) is 12.1 Å². The average Bonchev–Trinajstić information content (AvgIpc) is 2.17. The lowest BCUT2D eigenvalue weighted by atomic mass is 10.0. The van der Waals surface area contributed by atoms with E-state index in [2.05, 4.69) is 32.4 Å². The van der Waals surface area contributed by atoms with Gasteiger partial charge in [-0.25, -0.2) is 0 Å². The fourth-order valence-corrected chi connectivity index (χ4v) is 1.24. The normalized spacial score (nSPS) is 12.1. The van der Waals surface area contributed by atoms with Gasteiger partial charge in [0.05, 0.1) is 6.61 Å². The fourth-order valence-electron chi connectivity index (χ4n) is 1.24. The minimum absolute atomic E-state index is 0.0849. The molecule has 0 bridgehead atoms. The molecule has 0 saturated heterocycles. The summed E-state index contributed by atoms with van der Waals surface area (Å²) in [6, 6.07) is 0. The molecule has 0 spiro atoms. The van der Waals surface area contributed by atoms with Gasteiger partial charge >= 0.3 is 0 Å². The number of likely N-dealkylation sites (N-methyl/N-ethyl adjacent to an activating group) is 1. The standard InChI is InChI=1S/C12H25NO/c1-5-6-7-8-9-10-13(4)12(2,3)11-14/h5,14H,1,6-11H2,2-4H3. The van der Waals surface area contributed by atoms with Crippen molar-refractivity contribution in [3.63, 3.8) is 0 Å². The van der Waals surface area contributed by atoms with Crippen molar-refractivity contribution in [2.45, 2.75) is 45.1 Å². The Morgan fingerprint density at radius 3 is 2.43 bits per heavy atom. The first kappa shape index (κ1) is 13.7. The Balaban J connectivity index is 3.53. The molecule has 0 saturated carbocycles. The van der Waals surface area contributed by atoms with Gasteiger partial charge in [0.25, 0.3) is 0 Å². The highest BCUT2D eigenvalue weighted by Gasteiger charge is 2.21. The largest absolute Gasteiger partial charge is 0.394 e. The van der Waals surface area contributed by atoms with E-state index in [0.29, 0.717) is 0 Å². The first-order chi connectivity index (χ1) is 6.54. The number of hydrogen-bond donors (Lipinski definition) is 1. The summed E-state index contributed by atoms with van der Waals surface area (Å²) in [5.74, 6) is 0. The summed E-state index contributed by atoms with van der Waals surface area (Å²) < 4.78 is 0. The average molecular weight is 199 g/mol. The number of rotatable bonds is 8. The van der Waals surface area contributed by atoms with Crippen LogP contribution in [-0.4, -0.2) is 35.7 Å². The van der Waals surface area contributed by atoms with Crippen LogP contribution in [0.15, 0.2) is 12.7 Å². The van der Waals surface area contributed by atoms with Crippen LogP contribution in [0, 0.1) is 0 Å². The first-order valence-electron chi connectivity index (χ1n) is 5.47. The molecule has 0 aromatic carbocycles. The first-order valence-corrected chi connectivity index (χ1v) is 5.47. The van der Waals surface area contributed by atoms with Crippen molar-refractivity contribution in [2.24, 2.45) is 0 Å². The summed E-state index contributed by atoms with van der Waals surface area (Å²) in [5.41, 5.74) is -0.0849. The highest BCUT2D eigenvalue weighted by atomic mass is 16.3. The molecule has 0 aliphatic rings. The SMILES string of the molecule is C=CCCCCCN(C)C(C)(C)CO. The van der Waals surface area contributed by atoms with Crippen LogP contribution in [0.1, 0.15) is 39.5 Å². The predicted molar refractivity (Wildman–Crippen MR) is 62.5 cm³/mol. The van der Waals surface area contributed by atoms with E-state index in [1.54, 1.807) is 0 Å².